The number of benzene rings is 1. The van der Waals surface area contributed by atoms with Crippen LogP contribution in [0.25, 0.3) is 22.4 Å². The molecule has 4 heterocycles. The van der Waals surface area contributed by atoms with E-state index in [4.69, 9.17) is 4.42 Å². The normalized spacial score (nSPS) is 13.8. The van der Waals surface area contributed by atoms with E-state index >= 15 is 0 Å². The zero-order valence-corrected chi connectivity index (χ0v) is 16.6. The second-order valence-corrected chi connectivity index (χ2v) is 7.46. The molecule has 0 saturated carbocycles. The van der Waals surface area contributed by atoms with E-state index in [1.807, 2.05) is 4.90 Å². The Morgan fingerprint density at radius 3 is 2.81 bits per heavy atom. The minimum atomic E-state index is -0.553. The van der Waals surface area contributed by atoms with Crippen LogP contribution < -0.4 is 11.0 Å². The SMILES string of the molecule is O=c1[nH]c(-c2cncnc2)nc2c1CN(Cc1coc3ccc([N+](=O)[O-])cc3c1=O)CC2. The summed E-state index contributed by atoms with van der Waals surface area (Å²) in [6, 6.07) is 3.93. The van der Waals surface area contributed by atoms with Gasteiger partial charge in [0.15, 0.2) is 5.43 Å². The molecule has 0 atom stereocenters. The molecule has 11 nitrogen and oxygen atoms in total. The summed E-state index contributed by atoms with van der Waals surface area (Å²) >= 11 is 0. The quantitative estimate of drug-likeness (QED) is 0.376. The molecule has 160 valence electrons. The summed E-state index contributed by atoms with van der Waals surface area (Å²) in [6.07, 6.45) is 6.46. The monoisotopic (exact) mass is 432 g/mol. The Hall–Kier alpha value is -4.25. The largest absolute Gasteiger partial charge is 0.464 e. The number of aromatic amines is 1. The molecule has 1 aromatic carbocycles. The number of aromatic nitrogens is 4. The molecule has 5 rings (SSSR count). The highest BCUT2D eigenvalue weighted by Gasteiger charge is 2.23. The number of nitrogens with zero attached hydrogens (tertiary/aromatic N) is 5. The second-order valence-electron chi connectivity index (χ2n) is 7.46. The molecule has 0 unspecified atom stereocenters. The van der Waals surface area contributed by atoms with Crippen molar-refractivity contribution in [2.75, 3.05) is 6.54 Å². The van der Waals surface area contributed by atoms with E-state index in [1.54, 1.807) is 12.4 Å². The van der Waals surface area contributed by atoms with Crippen LogP contribution in [0.1, 0.15) is 16.8 Å². The van der Waals surface area contributed by atoms with Gasteiger partial charge in [-0.05, 0) is 6.07 Å². The predicted molar refractivity (Wildman–Crippen MR) is 113 cm³/mol. The third-order valence-electron chi connectivity index (χ3n) is 5.41. The Bertz CT molecular complexity index is 1460. The van der Waals surface area contributed by atoms with Crippen molar-refractivity contribution in [3.05, 3.63) is 90.7 Å². The molecule has 1 N–H and O–H groups in total. The average Bonchev–Trinajstić information content (AvgIpc) is 2.81. The Morgan fingerprint density at radius 2 is 2.03 bits per heavy atom. The van der Waals surface area contributed by atoms with Gasteiger partial charge in [0.05, 0.1) is 33.4 Å². The van der Waals surface area contributed by atoms with Crippen LogP contribution in [0.3, 0.4) is 0 Å². The molecule has 0 bridgehead atoms. The lowest BCUT2D eigenvalue weighted by Gasteiger charge is -2.27. The van der Waals surface area contributed by atoms with Gasteiger partial charge in [0.1, 0.15) is 17.7 Å². The van der Waals surface area contributed by atoms with Crippen molar-refractivity contribution in [1.29, 1.82) is 0 Å². The fourth-order valence-corrected chi connectivity index (χ4v) is 3.80. The predicted octanol–water partition coefficient (Wildman–Crippen LogP) is 1.80. The number of nitro groups is 1. The molecule has 1 aliphatic rings. The first-order chi connectivity index (χ1) is 15.5. The lowest BCUT2D eigenvalue weighted by atomic mass is 10.1. The van der Waals surface area contributed by atoms with Gasteiger partial charge in [-0.3, -0.25) is 24.6 Å². The van der Waals surface area contributed by atoms with Crippen LogP contribution in [0, 0.1) is 10.1 Å². The summed E-state index contributed by atoms with van der Waals surface area (Å²) in [6.45, 7) is 1.14. The zero-order valence-electron chi connectivity index (χ0n) is 16.6. The summed E-state index contributed by atoms with van der Waals surface area (Å²) < 4.78 is 5.52. The number of nitro benzene ring substituents is 1. The summed E-state index contributed by atoms with van der Waals surface area (Å²) in [5.41, 5.74) is 1.76. The Morgan fingerprint density at radius 1 is 1.22 bits per heavy atom. The maximum Gasteiger partial charge on any atom is 0.270 e. The molecule has 0 aliphatic carbocycles. The third kappa shape index (κ3) is 3.54. The van der Waals surface area contributed by atoms with Gasteiger partial charge in [-0.2, -0.15) is 0 Å². The number of hydrogen-bond acceptors (Lipinski definition) is 9. The highest BCUT2D eigenvalue weighted by molar-refractivity contribution is 5.79. The number of nitrogens with one attached hydrogen (secondary N) is 1. The van der Waals surface area contributed by atoms with Crippen LogP contribution in [0.4, 0.5) is 5.69 Å². The van der Waals surface area contributed by atoms with Crippen LogP contribution >= 0.6 is 0 Å². The third-order valence-corrected chi connectivity index (χ3v) is 5.41. The number of fused-ring (bicyclic) bond motifs is 2. The van der Waals surface area contributed by atoms with Gasteiger partial charge in [0, 0.05) is 56.1 Å². The van der Waals surface area contributed by atoms with E-state index in [0.29, 0.717) is 47.7 Å². The van der Waals surface area contributed by atoms with Crippen LogP contribution in [0.5, 0.6) is 0 Å². The molecule has 0 radical (unpaired) electrons. The standard InChI is InChI=1S/C21H16N6O5/c28-19-13(10-32-18-2-1-14(27(30)31)5-15(18)19)8-26-4-3-17-16(9-26)21(29)25-20(24-17)12-6-22-11-23-7-12/h1-2,5-7,10-11H,3-4,8-9H2,(H,24,25,29). The summed E-state index contributed by atoms with van der Waals surface area (Å²) in [5.74, 6) is 0.416. The zero-order chi connectivity index (χ0) is 22.2. The summed E-state index contributed by atoms with van der Waals surface area (Å²) in [5, 5.41) is 11.2. The van der Waals surface area contributed by atoms with Crippen molar-refractivity contribution in [2.45, 2.75) is 19.5 Å². The molecule has 0 fully saturated rings. The maximum atomic E-state index is 12.9. The lowest BCUT2D eigenvalue weighted by molar-refractivity contribution is -0.384. The van der Waals surface area contributed by atoms with E-state index in [1.165, 1.54) is 30.8 Å². The molecule has 1 aliphatic heterocycles. The van der Waals surface area contributed by atoms with E-state index in [0.717, 1.165) is 0 Å². The van der Waals surface area contributed by atoms with E-state index in [9.17, 15) is 19.7 Å². The van der Waals surface area contributed by atoms with Crippen molar-refractivity contribution < 1.29 is 9.34 Å². The number of hydrogen-bond donors (Lipinski definition) is 1. The topological polar surface area (TPSA) is 148 Å². The molecule has 32 heavy (non-hydrogen) atoms. The van der Waals surface area contributed by atoms with Gasteiger partial charge in [-0.25, -0.2) is 15.0 Å². The summed E-state index contributed by atoms with van der Waals surface area (Å²) in [4.78, 5) is 53.2. The van der Waals surface area contributed by atoms with Gasteiger partial charge in [0.25, 0.3) is 11.2 Å². The Labute approximate surface area is 179 Å². The van der Waals surface area contributed by atoms with Crippen molar-refractivity contribution in [2.24, 2.45) is 0 Å². The Kier molecular flexibility index (Phi) is 4.79. The Balaban J connectivity index is 1.43. The molecule has 0 spiro atoms. The molecule has 0 saturated heterocycles. The molecule has 0 amide bonds. The number of H-pyrrole nitrogens is 1. The molecule has 11 heteroatoms. The van der Waals surface area contributed by atoms with Crippen molar-refractivity contribution in [3.63, 3.8) is 0 Å². The highest BCUT2D eigenvalue weighted by Crippen LogP contribution is 2.21. The summed E-state index contributed by atoms with van der Waals surface area (Å²) in [7, 11) is 0. The van der Waals surface area contributed by atoms with Crippen molar-refractivity contribution in [3.8, 4) is 11.4 Å². The molecular formula is C21H16N6O5. The van der Waals surface area contributed by atoms with Crippen molar-refractivity contribution >= 4 is 16.7 Å². The van der Waals surface area contributed by atoms with Crippen LogP contribution in [-0.4, -0.2) is 36.3 Å². The fourth-order valence-electron chi connectivity index (χ4n) is 3.80. The van der Waals surface area contributed by atoms with Crippen LogP contribution in [0.15, 0.2) is 57.2 Å². The van der Waals surface area contributed by atoms with E-state index in [-0.39, 0.29) is 34.2 Å². The highest BCUT2D eigenvalue weighted by atomic mass is 16.6. The first-order valence-corrected chi connectivity index (χ1v) is 9.78. The van der Waals surface area contributed by atoms with Gasteiger partial charge < -0.3 is 9.40 Å². The first kappa shape index (κ1) is 19.7. The lowest BCUT2D eigenvalue weighted by Crippen LogP contribution is -2.36. The van der Waals surface area contributed by atoms with Crippen molar-refractivity contribution in [1.82, 2.24) is 24.8 Å². The minimum Gasteiger partial charge on any atom is -0.464 e. The van der Waals surface area contributed by atoms with Gasteiger partial charge in [-0.15, -0.1) is 0 Å². The number of non-ortho nitro benzene ring substituents is 1. The number of rotatable bonds is 4. The van der Waals surface area contributed by atoms with Crippen LogP contribution in [-0.2, 0) is 19.5 Å². The first-order valence-electron chi connectivity index (χ1n) is 9.78. The molecular weight excluding hydrogens is 416 g/mol. The smallest absolute Gasteiger partial charge is 0.270 e. The molecule has 3 aromatic heterocycles. The van der Waals surface area contributed by atoms with E-state index in [2.05, 4.69) is 19.9 Å². The van der Waals surface area contributed by atoms with Gasteiger partial charge in [0.2, 0.25) is 0 Å². The maximum absolute atomic E-state index is 12.9. The van der Waals surface area contributed by atoms with E-state index < -0.39 is 4.92 Å². The average molecular weight is 432 g/mol. The second kappa shape index (κ2) is 7.78. The van der Waals surface area contributed by atoms with Crippen LogP contribution in [0.2, 0.25) is 0 Å². The van der Waals surface area contributed by atoms with Gasteiger partial charge >= 0.3 is 0 Å². The molecule has 4 aromatic rings. The van der Waals surface area contributed by atoms with Gasteiger partial charge in [-0.1, -0.05) is 0 Å². The fraction of sp³-hybridized carbons (Fsp3) is 0.190. The minimum absolute atomic E-state index is 0.156.